The van der Waals surface area contributed by atoms with Crippen LogP contribution in [0.25, 0.3) is 0 Å². The van der Waals surface area contributed by atoms with Crippen molar-refractivity contribution in [1.29, 1.82) is 0 Å². The Morgan fingerprint density at radius 2 is 2.12 bits per heavy atom. The molecule has 1 aliphatic rings. The van der Waals surface area contributed by atoms with Crippen molar-refractivity contribution in [2.75, 3.05) is 0 Å². The number of hydrogen-bond acceptors (Lipinski definition) is 0. The van der Waals surface area contributed by atoms with Gasteiger partial charge in [0.25, 0.3) is 0 Å². The first-order chi connectivity index (χ1) is 8.15. The lowest BCUT2D eigenvalue weighted by atomic mass is 10.0. The van der Waals surface area contributed by atoms with Gasteiger partial charge in [-0.15, -0.1) is 11.6 Å². The normalized spacial score (nSPS) is 20.9. The minimum Gasteiger partial charge on any atom is -0.207 e. The number of hydrogen-bond donors (Lipinski definition) is 0. The molecule has 1 atom stereocenters. The Morgan fingerprint density at radius 3 is 2.94 bits per heavy atom. The van der Waals surface area contributed by atoms with E-state index in [1.165, 1.54) is 11.6 Å². The van der Waals surface area contributed by atoms with Crippen LogP contribution < -0.4 is 0 Å². The lowest BCUT2D eigenvalue weighted by molar-refractivity contribution is 0.611. The number of allylic oxidation sites excluding steroid dienone is 2. The summed E-state index contributed by atoms with van der Waals surface area (Å²) in [5, 5.41) is 0.674. The summed E-state index contributed by atoms with van der Waals surface area (Å²) in [6.07, 6.45) is 7.01. The van der Waals surface area contributed by atoms with Crippen LogP contribution in [-0.4, -0.2) is 5.38 Å². The third-order valence-electron chi connectivity index (χ3n) is 3.07. The second-order valence-corrected chi connectivity index (χ2v) is 5.50. The van der Waals surface area contributed by atoms with Gasteiger partial charge in [-0.3, -0.25) is 0 Å². The minimum atomic E-state index is -0.189. The summed E-state index contributed by atoms with van der Waals surface area (Å²) in [6, 6.07) is 4.70. The summed E-state index contributed by atoms with van der Waals surface area (Å²) >= 11 is 12.0. The van der Waals surface area contributed by atoms with Crippen LogP contribution in [0.2, 0.25) is 5.02 Å². The quantitative estimate of drug-likeness (QED) is 0.517. The van der Waals surface area contributed by atoms with Gasteiger partial charge in [-0.25, -0.2) is 4.39 Å². The molecule has 17 heavy (non-hydrogen) atoms. The van der Waals surface area contributed by atoms with Crippen LogP contribution in [0, 0.1) is 5.82 Å². The van der Waals surface area contributed by atoms with Crippen molar-refractivity contribution in [1.82, 2.24) is 0 Å². The highest BCUT2D eigenvalue weighted by Gasteiger charge is 2.12. The molecule has 0 saturated carbocycles. The molecule has 1 aromatic carbocycles. The molecule has 0 aliphatic heterocycles. The Balaban J connectivity index is 2.16. The minimum absolute atomic E-state index is 0.0924. The fourth-order valence-corrected chi connectivity index (χ4v) is 2.71. The molecule has 0 amide bonds. The predicted molar refractivity (Wildman–Crippen MR) is 71.3 cm³/mol. The van der Waals surface area contributed by atoms with Crippen LogP contribution in [0.5, 0.6) is 0 Å². The van der Waals surface area contributed by atoms with Crippen LogP contribution in [0.15, 0.2) is 29.8 Å². The zero-order valence-corrected chi connectivity index (χ0v) is 11.1. The van der Waals surface area contributed by atoms with Gasteiger partial charge < -0.3 is 0 Å². The van der Waals surface area contributed by atoms with Gasteiger partial charge in [0.1, 0.15) is 5.82 Å². The summed E-state index contributed by atoms with van der Waals surface area (Å²) in [5.41, 5.74) is 1.89. The summed E-state index contributed by atoms with van der Waals surface area (Å²) < 4.78 is 13.6. The Hall–Kier alpha value is -0.530. The van der Waals surface area contributed by atoms with E-state index in [1.54, 1.807) is 12.1 Å². The molecule has 1 aliphatic carbocycles. The van der Waals surface area contributed by atoms with E-state index in [0.717, 1.165) is 25.7 Å². The van der Waals surface area contributed by atoms with Crippen molar-refractivity contribution in [3.63, 3.8) is 0 Å². The standard InChI is InChI=1S/C14H15Cl2F/c15-12-4-2-1-3-10(8-12)7-11-9-13(16)5-6-14(11)17/h5-6,8-9,12H,1-4,7H2. The molecule has 0 heterocycles. The molecule has 92 valence electrons. The second kappa shape index (κ2) is 5.88. The van der Waals surface area contributed by atoms with Crippen molar-refractivity contribution >= 4 is 23.2 Å². The predicted octanol–water partition coefficient (Wildman–Crippen LogP) is 5.13. The number of benzene rings is 1. The van der Waals surface area contributed by atoms with Crippen molar-refractivity contribution < 1.29 is 4.39 Å². The molecule has 0 fully saturated rings. The zero-order valence-electron chi connectivity index (χ0n) is 9.56. The fraction of sp³-hybridized carbons (Fsp3) is 0.429. The maximum atomic E-state index is 13.6. The van der Waals surface area contributed by atoms with Crippen LogP contribution in [-0.2, 0) is 6.42 Å². The average Bonchev–Trinajstić information content (AvgIpc) is 2.48. The first-order valence-electron chi connectivity index (χ1n) is 5.93. The highest BCUT2D eigenvalue weighted by atomic mass is 35.5. The van der Waals surface area contributed by atoms with Gasteiger partial charge in [0.15, 0.2) is 0 Å². The Labute approximate surface area is 111 Å². The Bertz CT molecular complexity index is 426. The lowest BCUT2D eigenvalue weighted by Crippen LogP contribution is -1.97. The smallest absolute Gasteiger partial charge is 0.126 e. The van der Waals surface area contributed by atoms with Crippen molar-refractivity contribution in [3.05, 3.63) is 46.3 Å². The third-order valence-corrected chi connectivity index (χ3v) is 3.65. The first kappa shape index (κ1) is 12.9. The number of alkyl halides is 1. The van der Waals surface area contributed by atoms with Crippen LogP contribution in [0.1, 0.15) is 31.2 Å². The van der Waals surface area contributed by atoms with E-state index in [0.29, 0.717) is 17.0 Å². The second-order valence-electron chi connectivity index (χ2n) is 4.50. The molecule has 1 unspecified atom stereocenters. The third kappa shape index (κ3) is 3.72. The summed E-state index contributed by atoms with van der Waals surface area (Å²) in [5.74, 6) is -0.189. The molecule has 0 saturated heterocycles. The molecule has 0 N–H and O–H groups in total. The maximum Gasteiger partial charge on any atom is 0.126 e. The van der Waals surface area contributed by atoms with E-state index in [1.807, 2.05) is 0 Å². The lowest BCUT2D eigenvalue weighted by Gasteiger charge is -2.08. The van der Waals surface area contributed by atoms with Gasteiger partial charge >= 0.3 is 0 Å². The maximum absolute atomic E-state index is 13.6. The average molecular weight is 273 g/mol. The zero-order chi connectivity index (χ0) is 12.3. The van der Waals surface area contributed by atoms with Gasteiger partial charge in [-0.2, -0.15) is 0 Å². The van der Waals surface area contributed by atoms with Gasteiger partial charge in [0.05, 0.1) is 5.38 Å². The Kier molecular flexibility index (Phi) is 4.47. The first-order valence-corrected chi connectivity index (χ1v) is 6.74. The molecule has 0 bridgehead atoms. The van der Waals surface area contributed by atoms with Crippen molar-refractivity contribution in [2.24, 2.45) is 0 Å². The topological polar surface area (TPSA) is 0 Å². The summed E-state index contributed by atoms with van der Waals surface area (Å²) in [6.45, 7) is 0. The monoisotopic (exact) mass is 272 g/mol. The fourth-order valence-electron chi connectivity index (χ4n) is 2.18. The Morgan fingerprint density at radius 1 is 1.29 bits per heavy atom. The molecule has 0 nitrogen and oxygen atoms in total. The van der Waals surface area contributed by atoms with E-state index in [9.17, 15) is 4.39 Å². The van der Waals surface area contributed by atoms with Gasteiger partial charge in [0, 0.05) is 5.02 Å². The van der Waals surface area contributed by atoms with E-state index in [-0.39, 0.29) is 11.2 Å². The van der Waals surface area contributed by atoms with Gasteiger partial charge in [-0.05, 0) is 49.4 Å². The molecule has 2 rings (SSSR count). The largest absolute Gasteiger partial charge is 0.207 e. The van der Waals surface area contributed by atoms with E-state index >= 15 is 0 Å². The van der Waals surface area contributed by atoms with Crippen molar-refractivity contribution in [3.8, 4) is 0 Å². The highest BCUT2D eigenvalue weighted by molar-refractivity contribution is 6.30. The van der Waals surface area contributed by atoms with Gasteiger partial charge in [0.2, 0.25) is 0 Å². The summed E-state index contributed by atoms with van der Waals surface area (Å²) in [7, 11) is 0. The summed E-state index contributed by atoms with van der Waals surface area (Å²) in [4.78, 5) is 0. The molecular formula is C14H15Cl2F. The number of halogens is 3. The van der Waals surface area contributed by atoms with Crippen LogP contribution in [0.3, 0.4) is 0 Å². The molecular weight excluding hydrogens is 258 g/mol. The van der Waals surface area contributed by atoms with E-state index < -0.39 is 0 Å². The van der Waals surface area contributed by atoms with Crippen LogP contribution in [0.4, 0.5) is 4.39 Å². The SMILES string of the molecule is Fc1ccc(Cl)cc1CC1=CC(Cl)CCCC1. The number of rotatable bonds is 2. The molecule has 1 aromatic rings. The highest BCUT2D eigenvalue weighted by Crippen LogP contribution is 2.25. The van der Waals surface area contributed by atoms with E-state index in [2.05, 4.69) is 6.08 Å². The molecule has 0 spiro atoms. The molecule has 3 heteroatoms. The van der Waals surface area contributed by atoms with E-state index in [4.69, 9.17) is 23.2 Å². The van der Waals surface area contributed by atoms with Crippen molar-refractivity contribution in [2.45, 2.75) is 37.5 Å². The molecule has 0 radical (unpaired) electrons. The van der Waals surface area contributed by atoms with Gasteiger partial charge in [-0.1, -0.05) is 29.7 Å². The van der Waals surface area contributed by atoms with Crippen LogP contribution >= 0.6 is 23.2 Å². The molecule has 0 aromatic heterocycles.